The molecule has 11 heteroatoms. The molecule has 5 rings (SSSR count). The number of hydrogen-bond acceptors (Lipinski definition) is 8. The molecular formula is C28H34N8O3. The van der Waals surface area contributed by atoms with E-state index in [4.69, 9.17) is 4.74 Å². The largest absolute Gasteiger partial charge is 0.493 e. The van der Waals surface area contributed by atoms with Crippen LogP contribution in [0.15, 0.2) is 49.1 Å². The van der Waals surface area contributed by atoms with Crippen LogP contribution in [-0.2, 0) is 0 Å². The number of methoxy groups -OCH3 is 1. The third kappa shape index (κ3) is 5.49. The molecule has 1 aliphatic rings. The summed E-state index contributed by atoms with van der Waals surface area (Å²) in [5.74, 6) is 1.85. The van der Waals surface area contributed by atoms with Gasteiger partial charge in [-0.3, -0.25) is 4.90 Å². The number of nitrogens with zero attached hydrogens (tertiary/aromatic N) is 6. The van der Waals surface area contributed by atoms with Gasteiger partial charge in [0.05, 0.1) is 30.4 Å². The lowest BCUT2D eigenvalue weighted by Gasteiger charge is -2.47. The van der Waals surface area contributed by atoms with Crippen molar-refractivity contribution < 1.29 is 14.6 Å². The van der Waals surface area contributed by atoms with Gasteiger partial charge < -0.3 is 25.0 Å². The Morgan fingerprint density at radius 2 is 2.03 bits per heavy atom. The first-order valence-electron chi connectivity index (χ1n) is 12.9. The van der Waals surface area contributed by atoms with E-state index < -0.39 is 6.09 Å². The zero-order chi connectivity index (χ0) is 27.7. The van der Waals surface area contributed by atoms with Gasteiger partial charge >= 0.3 is 6.09 Å². The number of pyridine rings is 1. The maximum absolute atomic E-state index is 11.8. The van der Waals surface area contributed by atoms with Gasteiger partial charge in [0.1, 0.15) is 17.8 Å². The topological polar surface area (TPSA) is 132 Å². The average molecular weight is 531 g/mol. The number of hydrogen-bond donors (Lipinski definition) is 3. The van der Waals surface area contributed by atoms with E-state index in [1.54, 1.807) is 24.4 Å². The number of carbonyl (C=O) groups is 1. The molecule has 2 atom stereocenters. The molecule has 39 heavy (non-hydrogen) atoms. The molecule has 1 saturated heterocycles. The van der Waals surface area contributed by atoms with Crippen molar-refractivity contribution in [3.8, 4) is 17.0 Å². The monoisotopic (exact) mass is 530 g/mol. The van der Waals surface area contributed by atoms with Gasteiger partial charge in [0, 0.05) is 37.4 Å². The maximum atomic E-state index is 11.8. The zero-order valence-corrected chi connectivity index (χ0v) is 22.8. The number of piperazine rings is 1. The molecule has 0 saturated carbocycles. The van der Waals surface area contributed by atoms with Crippen molar-refractivity contribution in [3.05, 3.63) is 54.6 Å². The van der Waals surface area contributed by atoms with Crippen LogP contribution in [0, 0.1) is 5.41 Å². The summed E-state index contributed by atoms with van der Waals surface area (Å²) in [6.07, 6.45) is 4.07. The van der Waals surface area contributed by atoms with E-state index in [-0.39, 0.29) is 17.5 Å². The third-order valence-electron chi connectivity index (χ3n) is 7.37. The molecule has 3 aromatic heterocycles. The Morgan fingerprint density at radius 3 is 2.77 bits per heavy atom. The average Bonchev–Trinajstić information content (AvgIpc) is 3.33. The van der Waals surface area contributed by atoms with E-state index in [1.165, 1.54) is 6.33 Å². The molecule has 11 nitrogen and oxygen atoms in total. The first-order valence-corrected chi connectivity index (χ1v) is 12.9. The molecule has 3 N–H and O–H groups in total. The van der Waals surface area contributed by atoms with Gasteiger partial charge in [0.15, 0.2) is 5.75 Å². The number of H-pyrrole nitrogens is 1. The Balaban J connectivity index is 1.34. The molecule has 204 valence electrons. The quantitative estimate of drug-likeness (QED) is 0.317. The van der Waals surface area contributed by atoms with Gasteiger partial charge in [-0.2, -0.15) is 0 Å². The lowest BCUT2D eigenvalue weighted by Crippen LogP contribution is -2.59. The molecule has 4 heterocycles. The van der Waals surface area contributed by atoms with Crippen LogP contribution in [0.2, 0.25) is 0 Å². The van der Waals surface area contributed by atoms with Crippen molar-refractivity contribution in [2.45, 2.75) is 39.8 Å². The molecule has 1 aromatic carbocycles. The SMILES string of the molecule is COc1cncnc1-c1ccc2nc(Nc3cc(C(C)N4CCN(C(=O)O)C(C(C)(C)C)C4)ccn3)[nH]c2c1. The molecule has 1 amide bonds. The van der Waals surface area contributed by atoms with E-state index in [1.807, 2.05) is 30.3 Å². The van der Waals surface area contributed by atoms with Crippen LogP contribution < -0.4 is 10.1 Å². The second-order valence-corrected chi connectivity index (χ2v) is 10.9. The number of anilines is 2. The summed E-state index contributed by atoms with van der Waals surface area (Å²) >= 11 is 0. The van der Waals surface area contributed by atoms with Crippen molar-refractivity contribution >= 4 is 28.9 Å². The summed E-state index contributed by atoms with van der Waals surface area (Å²) in [5, 5.41) is 13.0. The molecule has 0 aliphatic carbocycles. The van der Waals surface area contributed by atoms with Gasteiger partial charge in [0.2, 0.25) is 5.95 Å². The van der Waals surface area contributed by atoms with E-state index in [0.717, 1.165) is 22.2 Å². The van der Waals surface area contributed by atoms with Crippen molar-refractivity contribution in [1.82, 2.24) is 34.7 Å². The number of ether oxygens (including phenoxy) is 1. The van der Waals surface area contributed by atoms with Crippen LogP contribution in [0.1, 0.15) is 39.3 Å². The minimum atomic E-state index is -0.855. The third-order valence-corrected chi connectivity index (χ3v) is 7.37. The van der Waals surface area contributed by atoms with Crippen LogP contribution in [0.3, 0.4) is 0 Å². The van der Waals surface area contributed by atoms with E-state index >= 15 is 0 Å². The summed E-state index contributed by atoms with van der Waals surface area (Å²) in [6.45, 7) is 10.3. The maximum Gasteiger partial charge on any atom is 0.407 e. The van der Waals surface area contributed by atoms with E-state index in [0.29, 0.717) is 42.8 Å². The van der Waals surface area contributed by atoms with Crippen molar-refractivity contribution in [2.75, 3.05) is 32.1 Å². The first kappa shape index (κ1) is 26.4. The van der Waals surface area contributed by atoms with Gasteiger partial charge in [0.25, 0.3) is 0 Å². The summed E-state index contributed by atoms with van der Waals surface area (Å²) < 4.78 is 5.40. The number of aromatic nitrogens is 5. The molecule has 1 aliphatic heterocycles. The van der Waals surface area contributed by atoms with Crippen LogP contribution >= 0.6 is 0 Å². The Morgan fingerprint density at radius 1 is 1.21 bits per heavy atom. The number of amides is 1. The summed E-state index contributed by atoms with van der Waals surface area (Å²) in [7, 11) is 1.60. The number of benzene rings is 1. The number of carboxylic acid groups (broad SMARTS) is 1. The van der Waals surface area contributed by atoms with E-state index in [2.05, 4.69) is 62.8 Å². The number of rotatable bonds is 6. The van der Waals surface area contributed by atoms with Crippen molar-refractivity contribution in [3.63, 3.8) is 0 Å². The van der Waals surface area contributed by atoms with Crippen LogP contribution in [0.25, 0.3) is 22.3 Å². The molecule has 2 unspecified atom stereocenters. The summed E-state index contributed by atoms with van der Waals surface area (Å²) in [4.78, 5) is 36.6. The summed E-state index contributed by atoms with van der Waals surface area (Å²) in [5.41, 5.74) is 4.19. The minimum absolute atomic E-state index is 0.0895. The fraction of sp³-hybridized carbons (Fsp3) is 0.393. The van der Waals surface area contributed by atoms with Crippen LogP contribution in [0.5, 0.6) is 5.75 Å². The predicted octanol–water partition coefficient (Wildman–Crippen LogP) is 4.94. The highest BCUT2D eigenvalue weighted by Crippen LogP contribution is 2.33. The molecule has 1 fully saturated rings. The van der Waals surface area contributed by atoms with Crippen LogP contribution in [0.4, 0.5) is 16.6 Å². The molecular weight excluding hydrogens is 496 g/mol. The highest BCUT2D eigenvalue weighted by molar-refractivity contribution is 5.84. The van der Waals surface area contributed by atoms with E-state index in [9.17, 15) is 9.90 Å². The van der Waals surface area contributed by atoms with Crippen molar-refractivity contribution in [2.24, 2.45) is 5.41 Å². The Hall–Kier alpha value is -4.25. The number of nitrogens with one attached hydrogen (secondary N) is 2. The van der Waals surface area contributed by atoms with Gasteiger partial charge in [-0.15, -0.1) is 0 Å². The zero-order valence-electron chi connectivity index (χ0n) is 22.8. The predicted molar refractivity (Wildman–Crippen MR) is 149 cm³/mol. The lowest BCUT2D eigenvalue weighted by molar-refractivity contribution is 0.00820. The van der Waals surface area contributed by atoms with Gasteiger partial charge in [-0.25, -0.2) is 24.7 Å². The number of aromatic amines is 1. The molecule has 0 spiro atoms. The number of imidazole rings is 1. The van der Waals surface area contributed by atoms with Gasteiger partial charge in [-0.05, 0) is 42.2 Å². The van der Waals surface area contributed by atoms with Crippen LogP contribution in [-0.4, -0.2) is 78.7 Å². The number of fused-ring (bicyclic) bond motifs is 1. The van der Waals surface area contributed by atoms with Gasteiger partial charge in [-0.1, -0.05) is 26.8 Å². The molecule has 4 aromatic rings. The van der Waals surface area contributed by atoms with Crippen molar-refractivity contribution in [1.29, 1.82) is 0 Å². The normalized spacial score (nSPS) is 17.3. The molecule has 0 bridgehead atoms. The summed E-state index contributed by atoms with van der Waals surface area (Å²) in [6, 6.07) is 9.89. The smallest absolute Gasteiger partial charge is 0.407 e. The Kier molecular flexibility index (Phi) is 7.09. The molecule has 0 radical (unpaired) electrons. The Labute approximate surface area is 227 Å². The Bertz CT molecular complexity index is 1480. The highest BCUT2D eigenvalue weighted by atomic mass is 16.5. The standard InChI is InChI=1S/C28H34N8O3/c1-17(35-10-11-36(27(37)38)23(15-35)28(2,3)4)18-8-9-30-24(13-18)34-26-32-20-7-6-19(12-21(20)33-26)25-22(39-5)14-29-16-31-25/h6-9,12-14,16-17,23H,10-11,15H2,1-5H3,(H,37,38)(H2,30,32,33,34). The fourth-order valence-corrected chi connectivity index (χ4v) is 5.13. The fourth-order valence-electron chi connectivity index (χ4n) is 5.13. The first-order chi connectivity index (χ1) is 18.6. The second kappa shape index (κ2) is 10.5. The second-order valence-electron chi connectivity index (χ2n) is 10.9. The minimum Gasteiger partial charge on any atom is -0.493 e. The lowest BCUT2D eigenvalue weighted by atomic mass is 9.84. The highest BCUT2D eigenvalue weighted by Gasteiger charge is 2.39.